The molecular weight excluding hydrogens is 648 g/mol. The van der Waals surface area contributed by atoms with E-state index in [0.717, 1.165) is 65.2 Å². The van der Waals surface area contributed by atoms with E-state index in [0.29, 0.717) is 28.6 Å². The maximum absolute atomic E-state index is 13.2. The molecule has 47 heavy (non-hydrogen) atoms. The lowest BCUT2D eigenvalue weighted by Crippen LogP contribution is -2.46. The Kier molecular flexibility index (Phi) is 11.0. The van der Waals surface area contributed by atoms with Crippen LogP contribution in [0.1, 0.15) is 36.9 Å². The standard InChI is InChI=1S/C35H38F3N3O4S2/c1-5-44-33(42)34(2,3)45-27-13-15-29(16-14-27)46-23-31-30(39-32(47-31)24-9-11-25(12-10-24)35(36,37)38)22-40-17-19-41(20-18-40)26-7-6-8-28(21-26)43-4/h6-16,21H,5,17-20,22-23H2,1-4H3. The Morgan fingerprint density at radius 1 is 0.957 bits per heavy atom. The van der Waals surface area contributed by atoms with E-state index in [2.05, 4.69) is 15.9 Å². The number of nitrogens with zero attached hydrogens (tertiary/aromatic N) is 3. The molecule has 5 rings (SSSR count). The highest BCUT2D eigenvalue weighted by Gasteiger charge is 2.32. The van der Waals surface area contributed by atoms with E-state index < -0.39 is 23.3 Å². The van der Waals surface area contributed by atoms with Gasteiger partial charge in [-0.2, -0.15) is 13.2 Å². The number of hydrogen-bond donors (Lipinski definition) is 0. The van der Waals surface area contributed by atoms with Crippen molar-refractivity contribution in [1.82, 2.24) is 9.88 Å². The lowest BCUT2D eigenvalue weighted by molar-refractivity contribution is -0.158. The average molecular weight is 686 g/mol. The van der Waals surface area contributed by atoms with Gasteiger partial charge in [0.1, 0.15) is 16.5 Å². The van der Waals surface area contributed by atoms with E-state index in [1.165, 1.54) is 23.5 Å². The summed E-state index contributed by atoms with van der Waals surface area (Å²) < 4.78 is 56.0. The van der Waals surface area contributed by atoms with Gasteiger partial charge in [0.2, 0.25) is 0 Å². The molecule has 1 aliphatic heterocycles. The van der Waals surface area contributed by atoms with Crippen LogP contribution in [0.5, 0.6) is 11.5 Å². The van der Waals surface area contributed by atoms with Crippen LogP contribution >= 0.6 is 23.1 Å². The van der Waals surface area contributed by atoms with Gasteiger partial charge in [-0.3, -0.25) is 4.90 Å². The Bertz CT molecular complexity index is 1640. The predicted octanol–water partition coefficient (Wildman–Crippen LogP) is 8.17. The largest absolute Gasteiger partial charge is 0.497 e. The molecule has 1 aromatic heterocycles. The van der Waals surface area contributed by atoms with E-state index in [9.17, 15) is 18.0 Å². The van der Waals surface area contributed by atoms with Crippen LogP contribution in [-0.4, -0.2) is 61.3 Å². The molecule has 0 saturated carbocycles. The number of thioether (sulfide) groups is 1. The summed E-state index contributed by atoms with van der Waals surface area (Å²) in [6, 6.07) is 20.8. The highest BCUT2D eigenvalue weighted by Crippen LogP contribution is 2.36. The predicted molar refractivity (Wildman–Crippen MR) is 180 cm³/mol. The fourth-order valence-corrected chi connectivity index (χ4v) is 7.20. The molecule has 3 aromatic carbocycles. The topological polar surface area (TPSA) is 64.1 Å². The number of esters is 1. The molecule has 0 radical (unpaired) electrons. The molecule has 4 aromatic rings. The van der Waals surface area contributed by atoms with Gasteiger partial charge in [-0.15, -0.1) is 23.1 Å². The van der Waals surface area contributed by atoms with Crippen molar-refractivity contribution in [2.75, 3.05) is 44.8 Å². The summed E-state index contributed by atoms with van der Waals surface area (Å²) in [5.74, 6) is 1.60. The van der Waals surface area contributed by atoms with Crippen molar-refractivity contribution in [3.05, 3.63) is 88.9 Å². The molecule has 0 unspecified atom stereocenters. The third kappa shape index (κ3) is 9.00. The highest BCUT2D eigenvalue weighted by atomic mass is 32.2. The Morgan fingerprint density at radius 3 is 2.30 bits per heavy atom. The van der Waals surface area contributed by atoms with Crippen molar-refractivity contribution < 1.29 is 32.2 Å². The zero-order valence-electron chi connectivity index (χ0n) is 26.8. The quantitative estimate of drug-likeness (QED) is 0.109. The van der Waals surface area contributed by atoms with Crippen LogP contribution in [0.15, 0.2) is 77.7 Å². The van der Waals surface area contributed by atoms with Crippen LogP contribution in [-0.2, 0) is 28.0 Å². The van der Waals surface area contributed by atoms with E-state index in [1.54, 1.807) is 39.6 Å². The fraction of sp³-hybridized carbons (Fsp3) is 0.371. The Labute approximate surface area is 281 Å². The number of anilines is 1. The van der Waals surface area contributed by atoms with Gasteiger partial charge >= 0.3 is 12.1 Å². The molecule has 0 bridgehead atoms. The first-order valence-electron chi connectivity index (χ1n) is 15.3. The summed E-state index contributed by atoms with van der Waals surface area (Å²) in [5.41, 5.74) is 0.925. The fourth-order valence-electron chi connectivity index (χ4n) is 5.12. The number of piperazine rings is 1. The number of methoxy groups -OCH3 is 1. The first-order valence-corrected chi connectivity index (χ1v) is 17.1. The first-order chi connectivity index (χ1) is 22.4. The highest BCUT2D eigenvalue weighted by molar-refractivity contribution is 7.98. The minimum absolute atomic E-state index is 0.279. The van der Waals surface area contributed by atoms with Crippen molar-refractivity contribution in [3.8, 4) is 22.1 Å². The molecule has 1 fully saturated rings. The van der Waals surface area contributed by atoms with E-state index in [4.69, 9.17) is 19.2 Å². The van der Waals surface area contributed by atoms with Crippen LogP contribution in [0.25, 0.3) is 10.6 Å². The van der Waals surface area contributed by atoms with Crippen LogP contribution in [0.3, 0.4) is 0 Å². The number of hydrogen-bond acceptors (Lipinski definition) is 9. The zero-order chi connectivity index (χ0) is 33.6. The van der Waals surface area contributed by atoms with E-state index in [1.807, 2.05) is 42.5 Å². The minimum atomic E-state index is -4.39. The molecule has 2 heterocycles. The van der Waals surface area contributed by atoms with Gasteiger partial charge in [-0.1, -0.05) is 18.2 Å². The van der Waals surface area contributed by atoms with E-state index in [-0.39, 0.29) is 6.61 Å². The summed E-state index contributed by atoms with van der Waals surface area (Å²) in [6.07, 6.45) is -4.39. The lowest BCUT2D eigenvalue weighted by Gasteiger charge is -2.36. The number of carbonyl (C=O) groups is 1. The number of ether oxygens (including phenoxy) is 3. The molecule has 0 atom stereocenters. The molecule has 0 spiro atoms. The SMILES string of the molecule is CCOC(=O)C(C)(C)Oc1ccc(SCc2sc(-c3ccc(C(F)(F)F)cc3)nc2CN2CCN(c3cccc(OC)c3)CC2)cc1. The maximum atomic E-state index is 13.2. The number of benzene rings is 3. The number of alkyl halides is 3. The second-order valence-electron chi connectivity index (χ2n) is 11.5. The van der Waals surface area contributed by atoms with Gasteiger partial charge in [0.15, 0.2) is 5.60 Å². The smallest absolute Gasteiger partial charge is 0.416 e. The van der Waals surface area contributed by atoms with Crippen LogP contribution in [0, 0.1) is 0 Å². The van der Waals surface area contributed by atoms with Crippen LogP contribution < -0.4 is 14.4 Å². The van der Waals surface area contributed by atoms with Gasteiger partial charge in [0.25, 0.3) is 0 Å². The summed E-state index contributed by atoms with van der Waals surface area (Å²) >= 11 is 3.16. The molecular formula is C35H38F3N3O4S2. The molecule has 0 aliphatic carbocycles. The third-order valence-corrected chi connectivity index (χ3v) is 10.1. The van der Waals surface area contributed by atoms with Crippen molar-refractivity contribution in [2.45, 2.75) is 49.7 Å². The van der Waals surface area contributed by atoms with Gasteiger partial charge in [0.05, 0.1) is 25.0 Å². The molecule has 1 saturated heterocycles. The van der Waals surface area contributed by atoms with Gasteiger partial charge in [0, 0.05) is 65.6 Å². The van der Waals surface area contributed by atoms with Gasteiger partial charge < -0.3 is 19.1 Å². The number of carbonyl (C=O) groups excluding carboxylic acids is 1. The van der Waals surface area contributed by atoms with Crippen LogP contribution in [0.4, 0.5) is 18.9 Å². The van der Waals surface area contributed by atoms with Gasteiger partial charge in [-0.05, 0) is 69.3 Å². The molecule has 1 aliphatic rings. The van der Waals surface area contributed by atoms with Crippen LogP contribution in [0.2, 0.25) is 0 Å². The first kappa shape index (κ1) is 34.6. The minimum Gasteiger partial charge on any atom is -0.497 e. The lowest BCUT2D eigenvalue weighted by atomic mass is 10.1. The van der Waals surface area contributed by atoms with Crippen molar-refractivity contribution >= 4 is 34.8 Å². The number of rotatable bonds is 12. The Balaban J connectivity index is 1.29. The third-order valence-electron chi connectivity index (χ3n) is 7.74. The van der Waals surface area contributed by atoms with Crippen molar-refractivity contribution in [3.63, 3.8) is 0 Å². The monoisotopic (exact) mass is 685 g/mol. The second kappa shape index (κ2) is 15.0. The van der Waals surface area contributed by atoms with Gasteiger partial charge in [-0.25, -0.2) is 9.78 Å². The molecule has 0 N–H and O–H groups in total. The number of aromatic nitrogens is 1. The summed E-state index contributed by atoms with van der Waals surface area (Å²) in [4.78, 5) is 24.0. The summed E-state index contributed by atoms with van der Waals surface area (Å²) in [5, 5.41) is 0.698. The molecule has 12 heteroatoms. The molecule has 0 amide bonds. The normalized spacial score (nSPS) is 14.2. The number of thiazole rings is 1. The average Bonchev–Trinajstić information content (AvgIpc) is 3.46. The Hall–Kier alpha value is -3.74. The second-order valence-corrected chi connectivity index (χ2v) is 13.7. The van der Waals surface area contributed by atoms with E-state index >= 15 is 0 Å². The summed E-state index contributed by atoms with van der Waals surface area (Å²) in [6.45, 7) is 9.43. The molecule has 250 valence electrons. The maximum Gasteiger partial charge on any atom is 0.416 e. The summed E-state index contributed by atoms with van der Waals surface area (Å²) in [7, 11) is 1.67. The van der Waals surface area contributed by atoms with Crippen molar-refractivity contribution in [2.24, 2.45) is 0 Å². The zero-order valence-corrected chi connectivity index (χ0v) is 28.4. The Morgan fingerprint density at radius 2 is 1.66 bits per heavy atom. The molecule has 7 nitrogen and oxygen atoms in total. The number of halogens is 3. The van der Waals surface area contributed by atoms with Crippen molar-refractivity contribution in [1.29, 1.82) is 0 Å².